The van der Waals surface area contributed by atoms with Gasteiger partial charge in [-0.15, -0.1) is 0 Å². The molecule has 0 amide bonds. The Morgan fingerprint density at radius 1 is 0.877 bits per heavy atom. The van der Waals surface area contributed by atoms with Crippen molar-refractivity contribution in [1.82, 2.24) is 4.90 Å². The van der Waals surface area contributed by atoms with Crippen molar-refractivity contribution in [3.05, 3.63) is 120 Å². The third-order valence-electron chi connectivity index (χ3n) is 11.8. The van der Waals surface area contributed by atoms with E-state index < -0.39 is 48.5 Å². The van der Waals surface area contributed by atoms with Gasteiger partial charge < -0.3 is 28.3 Å². The van der Waals surface area contributed by atoms with Gasteiger partial charge in [-0.1, -0.05) is 56.7 Å². The second kappa shape index (κ2) is 20.9. The fourth-order valence-corrected chi connectivity index (χ4v) is 9.21. The number of unbranched alkanes of at least 4 members (excludes halogenated alkanes) is 3. The molecule has 0 unspecified atom stereocenters. The van der Waals surface area contributed by atoms with Crippen molar-refractivity contribution in [1.29, 1.82) is 0 Å². The monoisotopic (exact) mass is 948 g/mol. The number of hydrogen-bond acceptors (Lipinski definition) is 12. The van der Waals surface area contributed by atoms with Gasteiger partial charge in [0.25, 0.3) is 0 Å². The van der Waals surface area contributed by atoms with Crippen LogP contribution in [0.15, 0.2) is 123 Å². The Bertz CT molecular complexity index is 2820. The standard InChI is InChI=1S/C48H54N4O10S2.K/c1-47(2)38-28-35(33-19-21-37(22-20-33)61-25-13-27-64(58,59)60)31-51(23-9-5-6-18-44(53)54)45(38)49-42(47)16-12-17-43-48(3,4)39-29-36(41-30-34-14-7-8-15-40(34)62-41)32-52(46(39)50-43)24-10-11-26-63(55,56)57;/h7-8,12,14-17,19-22,28-32H,5-6,9-11,13,18,23-27H2,1-4H3,(H2-,53,54,55,56,57,58,59,60);/q;+1/p-1. The van der Waals surface area contributed by atoms with Crippen LogP contribution in [0.1, 0.15) is 83.8 Å². The number of fused-ring (bicyclic) bond motifs is 3. The molecule has 2 aromatic carbocycles. The van der Waals surface area contributed by atoms with Crippen molar-refractivity contribution in [2.24, 2.45) is 15.4 Å². The molecule has 0 saturated heterocycles. The Kier molecular flexibility index (Phi) is 16.2. The average molecular weight is 949 g/mol. The fourth-order valence-electron chi connectivity index (χ4n) is 8.18. The number of pyridine rings is 1. The maximum atomic E-state index is 11.4. The van der Waals surface area contributed by atoms with E-state index in [9.17, 15) is 30.7 Å². The molecule has 4 aromatic rings. The van der Waals surface area contributed by atoms with Crippen LogP contribution in [0.4, 0.5) is 5.82 Å². The number of carboxylic acid groups (broad SMARTS) is 1. The van der Waals surface area contributed by atoms with Crippen LogP contribution in [0, 0.1) is 5.41 Å². The summed E-state index contributed by atoms with van der Waals surface area (Å²) in [6.07, 6.45) is 15.2. The van der Waals surface area contributed by atoms with Crippen molar-refractivity contribution in [2.75, 3.05) is 24.7 Å². The molecule has 2 aromatic heterocycles. The number of nitrogens with zero attached hydrogens (tertiary/aromatic N) is 4. The molecule has 0 aliphatic carbocycles. The summed E-state index contributed by atoms with van der Waals surface area (Å²) in [4.78, 5) is 23.6. The molecule has 1 N–H and O–H groups in total. The number of amidine groups is 1. The van der Waals surface area contributed by atoms with Crippen LogP contribution >= 0.6 is 0 Å². The molecule has 3 aliphatic heterocycles. The Balaban J connectivity index is 0.00000700. The molecule has 3 aliphatic rings. The minimum atomic E-state index is -4.33. The Labute approximate surface area is 423 Å². The first kappa shape index (κ1) is 50.4. The van der Waals surface area contributed by atoms with Crippen LogP contribution in [0.2, 0.25) is 0 Å². The number of aliphatic imine (C=N–C) groups is 2. The van der Waals surface area contributed by atoms with Crippen molar-refractivity contribution < 1.29 is 101 Å². The average Bonchev–Trinajstić information content (AvgIpc) is 3.86. The second-order valence-corrected chi connectivity index (χ2v) is 20.4. The summed E-state index contributed by atoms with van der Waals surface area (Å²) in [6.45, 7) is 9.69. The first-order chi connectivity index (χ1) is 30.3. The summed E-state index contributed by atoms with van der Waals surface area (Å²) >= 11 is 0. The Morgan fingerprint density at radius 2 is 1.60 bits per heavy atom. The van der Waals surface area contributed by atoms with Gasteiger partial charge in [-0.25, -0.2) is 26.4 Å². The smallest absolute Gasteiger partial charge is 0.748 e. The van der Waals surface area contributed by atoms with Gasteiger partial charge in [-0.3, -0.25) is 4.79 Å². The molecule has 0 atom stereocenters. The minimum Gasteiger partial charge on any atom is -0.748 e. The maximum absolute atomic E-state index is 11.4. The normalized spacial score (nSPS) is 17.1. The van der Waals surface area contributed by atoms with Crippen LogP contribution in [0.5, 0.6) is 5.75 Å². The number of carbonyl (C=O) groups is 1. The Morgan fingerprint density at radius 3 is 2.31 bits per heavy atom. The van der Waals surface area contributed by atoms with E-state index in [0.29, 0.717) is 37.4 Å². The SMILES string of the molecule is CC1(C)C2=CC(c3ccc(OCCCS(=O)(=O)[O-])cc3)=CN(CCCCCC(=O)O)C2=N/C1=C\C=C\C1=Nc2c(cc(-c3cc4ccccc4o3)c[n+]2CCCCS(=O)(=O)[O-])C1(C)C.[K+]. The van der Waals surface area contributed by atoms with E-state index in [0.717, 1.165) is 74.7 Å². The molecule has 338 valence electrons. The number of aromatic nitrogens is 1. The van der Waals surface area contributed by atoms with E-state index in [1.807, 2.05) is 83.6 Å². The van der Waals surface area contributed by atoms with Crippen molar-refractivity contribution in [2.45, 2.75) is 84.6 Å². The first-order valence-corrected chi connectivity index (χ1v) is 24.6. The van der Waals surface area contributed by atoms with Gasteiger partial charge in [-0.05, 0) is 111 Å². The van der Waals surface area contributed by atoms with E-state index >= 15 is 0 Å². The topological polar surface area (TPSA) is 206 Å². The maximum Gasteiger partial charge on any atom is 1.00 e. The van der Waals surface area contributed by atoms with Crippen LogP contribution in [0.25, 0.3) is 27.9 Å². The Hall–Kier alpha value is -4.04. The molecule has 0 fully saturated rings. The number of aryl methyl sites for hydroxylation is 1. The third-order valence-corrected chi connectivity index (χ3v) is 13.4. The summed E-state index contributed by atoms with van der Waals surface area (Å²) < 4.78 is 81.0. The van der Waals surface area contributed by atoms with E-state index in [1.165, 1.54) is 0 Å². The number of furan rings is 1. The zero-order valence-corrected chi connectivity index (χ0v) is 42.2. The number of hydrogen-bond donors (Lipinski definition) is 1. The molecule has 0 radical (unpaired) electrons. The predicted octanol–water partition coefficient (Wildman–Crippen LogP) is 5.20. The molecule has 0 bridgehead atoms. The van der Waals surface area contributed by atoms with Crippen molar-refractivity contribution in [3.8, 4) is 17.1 Å². The van der Waals surface area contributed by atoms with Gasteiger partial charge in [0.1, 0.15) is 29.1 Å². The molecule has 17 heteroatoms. The number of aliphatic carboxylic acids is 1. The van der Waals surface area contributed by atoms with Crippen molar-refractivity contribution in [3.63, 3.8) is 0 Å². The molecule has 7 rings (SSSR count). The number of para-hydroxylation sites is 1. The molecule has 65 heavy (non-hydrogen) atoms. The van der Waals surface area contributed by atoms with E-state index in [4.69, 9.17) is 24.2 Å². The zero-order valence-electron chi connectivity index (χ0n) is 37.4. The molecule has 0 saturated carbocycles. The van der Waals surface area contributed by atoms with E-state index in [-0.39, 0.29) is 77.3 Å². The van der Waals surface area contributed by atoms with Gasteiger partial charge in [0.15, 0.2) is 5.71 Å². The van der Waals surface area contributed by atoms with Crippen molar-refractivity contribution >= 4 is 60.1 Å². The molecular weight excluding hydrogens is 896 g/mol. The van der Waals surface area contributed by atoms with E-state index in [1.54, 1.807) is 0 Å². The minimum absolute atomic E-state index is 0. The molecule has 14 nitrogen and oxygen atoms in total. The van der Waals surface area contributed by atoms with Crippen LogP contribution in [-0.2, 0) is 37.0 Å². The summed E-state index contributed by atoms with van der Waals surface area (Å²) in [5.41, 5.74) is 6.19. The van der Waals surface area contributed by atoms with Crippen LogP contribution in [-0.4, -0.2) is 78.1 Å². The largest absolute Gasteiger partial charge is 1.00 e. The van der Waals surface area contributed by atoms with Gasteiger partial charge in [0, 0.05) is 47.0 Å². The van der Waals surface area contributed by atoms with E-state index in [2.05, 4.69) is 50.9 Å². The number of carboxylic acids is 1. The predicted molar refractivity (Wildman–Crippen MR) is 244 cm³/mol. The van der Waals surface area contributed by atoms with Gasteiger partial charge >= 0.3 is 63.2 Å². The van der Waals surface area contributed by atoms with Gasteiger partial charge in [-0.2, -0.15) is 0 Å². The first-order valence-electron chi connectivity index (χ1n) is 21.5. The van der Waals surface area contributed by atoms with Gasteiger partial charge in [0.2, 0.25) is 0 Å². The quantitative estimate of drug-likeness (QED) is 0.0528. The number of benzene rings is 2. The fraction of sp³-hybridized carbons (Fsp3) is 0.375. The third kappa shape index (κ3) is 12.5. The van der Waals surface area contributed by atoms with Crippen LogP contribution in [0.3, 0.4) is 0 Å². The number of rotatable bonds is 20. The summed E-state index contributed by atoms with van der Waals surface area (Å²) in [5.74, 6) is 1.11. The summed E-state index contributed by atoms with van der Waals surface area (Å²) in [5, 5.41) is 10.1. The second-order valence-electron chi connectivity index (χ2n) is 17.4. The molecule has 5 heterocycles. The number of allylic oxidation sites excluding steroid dienone is 6. The summed E-state index contributed by atoms with van der Waals surface area (Å²) in [6, 6.07) is 19.4. The number of ether oxygens (including phenoxy) is 1. The zero-order chi connectivity index (χ0) is 45.9. The molecular formula is C48H53KN4O10S2. The van der Waals surface area contributed by atoms with Gasteiger partial charge in [0.05, 0.1) is 55.6 Å². The van der Waals surface area contributed by atoms with Crippen LogP contribution < -0.4 is 60.7 Å². The summed E-state index contributed by atoms with van der Waals surface area (Å²) in [7, 11) is -8.64. The molecule has 0 spiro atoms.